The van der Waals surface area contributed by atoms with E-state index in [4.69, 9.17) is 0 Å². The molecular weight excluding hydrogens is 153 g/mol. The summed E-state index contributed by atoms with van der Waals surface area (Å²) in [6.45, 7) is 2.02. The molecule has 0 spiro atoms. The van der Waals surface area contributed by atoms with Gasteiger partial charge in [-0.05, 0) is 30.2 Å². The summed E-state index contributed by atoms with van der Waals surface area (Å²) in [5.74, 6) is -0.155. The molecule has 0 atom stereocenters. The topological polar surface area (TPSA) is 3.24 Å². The zero-order chi connectivity index (χ0) is 9.14. The van der Waals surface area contributed by atoms with Crippen molar-refractivity contribution in [2.24, 2.45) is 0 Å². The second kappa shape index (κ2) is 3.57. The molecule has 0 aromatic heterocycles. The van der Waals surface area contributed by atoms with Gasteiger partial charge in [-0.15, -0.1) is 0 Å². The molecule has 0 bridgehead atoms. The third-order valence-corrected chi connectivity index (χ3v) is 1.87. The normalized spacial score (nSPS) is 10.0. The SMILES string of the molecule is CCc1cc(F)cc(N(C)C)c1. The lowest BCUT2D eigenvalue weighted by atomic mass is 10.1. The molecule has 66 valence electrons. The highest BCUT2D eigenvalue weighted by atomic mass is 19.1. The fraction of sp³-hybridized carbons (Fsp3) is 0.400. The quantitative estimate of drug-likeness (QED) is 0.654. The van der Waals surface area contributed by atoms with E-state index in [2.05, 4.69) is 0 Å². The van der Waals surface area contributed by atoms with E-state index in [9.17, 15) is 4.39 Å². The van der Waals surface area contributed by atoms with Crippen LogP contribution in [0.3, 0.4) is 0 Å². The molecule has 1 aromatic carbocycles. The van der Waals surface area contributed by atoms with Crippen LogP contribution in [-0.2, 0) is 6.42 Å². The van der Waals surface area contributed by atoms with Crippen molar-refractivity contribution >= 4 is 5.69 Å². The summed E-state index contributed by atoms with van der Waals surface area (Å²) in [6.07, 6.45) is 0.874. The van der Waals surface area contributed by atoms with Gasteiger partial charge < -0.3 is 4.90 Å². The van der Waals surface area contributed by atoms with Gasteiger partial charge in [0.2, 0.25) is 0 Å². The fourth-order valence-electron chi connectivity index (χ4n) is 1.10. The van der Waals surface area contributed by atoms with Gasteiger partial charge in [-0.3, -0.25) is 0 Å². The van der Waals surface area contributed by atoms with Gasteiger partial charge in [-0.2, -0.15) is 0 Å². The van der Waals surface area contributed by atoms with Crippen molar-refractivity contribution in [1.82, 2.24) is 0 Å². The molecule has 12 heavy (non-hydrogen) atoms. The van der Waals surface area contributed by atoms with Crippen LogP contribution in [0.5, 0.6) is 0 Å². The average molecular weight is 167 g/mol. The van der Waals surface area contributed by atoms with Crippen molar-refractivity contribution in [3.63, 3.8) is 0 Å². The van der Waals surface area contributed by atoms with Crippen molar-refractivity contribution in [1.29, 1.82) is 0 Å². The van der Waals surface area contributed by atoms with Gasteiger partial charge in [-0.1, -0.05) is 6.92 Å². The average Bonchev–Trinajstić information content (AvgIpc) is 2.03. The highest BCUT2D eigenvalue weighted by molar-refractivity contribution is 5.47. The first-order valence-corrected chi connectivity index (χ1v) is 4.10. The molecule has 0 saturated heterocycles. The standard InChI is InChI=1S/C10H14FN/c1-4-8-5-9(11)7-10(6-8)12(2)3/h5-7H,4H2,1-3H3. The van der Waals surface area contributed by atoms with Crippen LogP contribution in [0.15, 0.2) is 18.2 Å². The number of hydrogen-bond acceptors (Lipinski definition) is 1. The van der Waals surface area contributed by atoms with E-state index >= 15 is 0 Å². The van der Waals surface area contributed by atoms with Gasteiger partial charge >= 0.3 is 0 Å². The van der Waals surface area contributed by atoms with Gasteiger partial charge in [0.05, 0.1) is 0 Å². The van der Waals surface area contributed by atoms with Crippen molar-refractivity contribution in [2.45, 2.75) is 13.3 Å². The van der Waals surface area contributed by atoms with Crippen LogP contribution in [0.4, 0.5) is 10.1 Å². The Balaban J connectivity index is 3.06. The molecule has 0 amide bonds. The third-order valence-electron chi connectivity index (χ3n) is 1.87. The molecule has 0 fully saturated rings. The maximum absolute atomic E-state index is 12.9. The number of aryl methyl sites for hydroxylation is 1. The predicted octanol–water partition coefficient (Wildman–Crippen LogP) is 2.45. The molecular formula is C10H14FN. The van der Waals surface area contributed by atoms with E-state index in [0.717, 1.165) is 17.7 Å². The molecule has 0 aliphatic carbocycles. The Hall–Kier alpha value is -1.05. The van der Waals surface area contributed by atoms with Gasteiger partial charge in [0, 0.05) is 19.8 Å². The molecule has 0 aliphatic heterocycles. The highest BCUT2D eigenvalue weighted by Gasteiger charge is 2.00. The maximum Gasteiger partial charge on any atom is 0.125 e. The number of nitrogens with zero attached hydrogens (tertiary/aromatic N) is 1. The van der Waals surface area contributed by atoms with E-state index in [0.29, 0.717) is 0 Å². The summed E-state index contributed by atoms with van der Waals surface area (Å²) in [7, 11) is 3.82. The lowest BCUT2D eigenvalue weighted by Gasteiger charge is -2.13. The summed E-state index contributed by atoms with van der Waals surface area (Å²) in [5, 5.41) is 0. The molecule has 0 N–H and O–H groups in total. The van der Waals surface area contributed by atoms with Crippen LogP contribution in [0, 0.1) is 5.82 Å². The Morgan fingerprint density at radius 1 is 1.25 bits per heavy atom. The lowest BCUT2D eigenvalue weighted by Crippen LogP contribution is -2.09. The van der Waals surface area contributed by atoms with Crippen LogP contribution in [-0.4, -0.2) is 14.1 Å². The Labute approximate surface area is 72.8 Å². The van der Waals surface area contributed by atoms with Crippen LogP contribution >= 0.6 is 0 Å². The molecule has 1 nitrogen and oxygen atoms in total. The van der Waals surface area contributed by atoms with E-state index in [1.54, 1.807) is 12.1 Å². The second-order valence-electron chi connectivity index (χ2n) is 3.07. The number of rotatable bonds is 2. The Morgan fingerprint density at radius 2 is 1.92 bits per heavy atom. The smallest absolute Gasteiger partial charge is 0.125 e. The first kappa shape index (κ1) is 9.04. The molecule has 0 saturated carbocycles. The van der Waals surface area contributed by atoms with Crippen molar-refractivity contribution in [3.05, 3.63) is 29.6 Å². The summed E-state index contributed by atoms with van der Waals surface area (Å²) in [6, 6.07) is 5.12. The van der Waals surface area contributed by atoms with E-state index in [1.807, 2.05) is 32.0 Å². The molecule has 0 heterocycles. The lowest BCUT2D eigenvalue weighted by molar-refractivity contribution is 0.625. The van der Waals surface area contributed by atoms with Gasteiger partial charge in [0.1, 0.15) is 5.82 Å². The van der Waals surface area contributed by atoms with Crippen LogP contribution < -0.4 is 4.90 Å². The van der Waals surface area contributed by atoms with Crippen LogP contribution in [0.2, 0.25) is 0 Å². The second-order valence-corrected chi connectivity index (χ2v) is 3.07. The summed E-state index contributed by atoms with van der Waals surface area (Å²) in [5.41, 5.74) is 1.96. The number of halogens is 1. The third kappa shape index (κ3) is 1.97. The predicted molar refractivity (Wildman–Crippen MR) is 50.1 cm³/mol. The zero-order valence-corrected chi connectivity index (χ0v) is 7.76. The highest BCUT2D eigenvalue weighted by Crippen LogP contribution is 2.16. The van der Waals surface area contributed by atoms with E-state index in [-0.39, 0.29) is 5.82 Å². The molecule has 1 aromatic rings. The van der Waals surface area contributed by atoms with Gasteiger partial charge in [0.25, 0.3) is 0 Å². The molecule has 0 aliphatic rings. The zero-order valence-electron chi connectivity index (χ0n) is 7.76. The Kier molecular flexibility index (Phi) is 2.69. The minimum Gasteiger partial charge on any atom is -0.378 e. The molecule has 2 heteroatoms. The number of anilines is 1. The fourth-order valence-corrected chi connectivity index (χ4v) is 1.10. The largest absolute Gasteiger partial charge is 0.378 e. The minimum atomic E-state index is -0.155. The van der Waals surface area contributed by atoms with Gasteiger partial charge in [-0.25, -0.2) is 4.39 Å². The first-order chi connectivity index (χ1) is 5.63. The Bertz CT molecular complexity index is 269. The number of benzene rings is 1. The molecule has 1 rings (SSSR count). The minimum absolute atomic E-state index is 0.155. The van der Waals surface area contributed by atoms with Crippen LogP contribution in [0.25, 0.3) is 0 Å². The molecule has 0 unspecified atom stereocenters. The summed E-state index contributed by atoms with van der Waals surface area (Å²) >= 11 is 0. The monoisotopic (exact) mass is 167 g/mol. The van der Waals surface area contributed by atoms with Crippen molar-refractivity contribution in [2.75, 3.05) is 19.0 Å². The van der Waals surface area contributed by atoms with E-state index < -0.39 is 0 Å². The maximum atomic E-state index is 12.9. The van der Waals surface area contributed by atoms with Crippen molar-refractivity contribution < 1.29 is 4.39 Å². The van der Waals surface area contributed by atoms with E-state index in [1.165, 1.54) is 0 Å². The first-order valence-electron chi connectivity index (χ1n) is 4.10. The van der Waals surface area contributed by atoms with Gasteiger partial charge in [0.15, 0.2) is 0 Å². The molecule has 0 radical (unpaired) electrons. The summed E-state index contributed by atoms with van der Waals surface area (Å²) in [4.78, 5) is 1.90. The van der Waals surface area contributed by atoms with Crippen molar-refractivity contribution in [3.8, 4) is 0 Å². The van der Waals surface area contributed by atoms with Crippen LogP contribution in [0.1, 0.15) is 12.5 Å². The number of hydrogen-bond donors (Lipinski definition) is 0. The Morgan fingerprint density at radius 3 is 2.42 bits per heavy atom. The summed E-state index contributed by atoms with van der Waals surface area (Å²) < 4.78 is 12.9.